The van der Waals surface area contributed by atoms with Gasteiger partial charge in [0.2, 0.25) is 0 Å². The van der Waals surface area contributed by atoms with E-state index in [1.807, 2.05) is 54.6 Å². The summed E-state index contributed by atoms with van der Waals surface area (Å²) >= 11 is 6.38. The van der Waals surface area contributed by atoms with Gasteiger partial charge in [0, 0.05) is 18.3 Å². The van der Waals surface area contributed by atoms with Crippen molar-refractivity contribution >= 4 is 17.5 Å². The Morgan fingerprint density at radius 1 is 1.00 bits per heavy atom. The van der Waals surface area contributed by atoms with Gasteiger partial charge in [-0.1, -0.05) is 71.4 Å². The molecule has 1 amide bonds. The summed E-state index contributed by atoms with van der Waals surface area (Å²) in [6.45, 7) is 2.67. The van der Waals surface area contributed by atoms with Gasteiger partial charge in [-0.05, 0) is 37.1 Å². The second-order valence-corrected chi connectivity index (χ2v) is 7.63. The lowest BCUT2D eigenvalue weighted by Gasteiger charge is -2.23. The highest BCUT2D eigenvalue weighted by molar-refractivity contribution is 6.33. The molecule has 4 rings (SSSR count). The minimum Gasteiger partial charge on any atom is -0.360 e. The van der Waals surface area contributed by atoms with Crippen molar-refractivity contribution in [3.05, 3.63) is 107 Å². The van der Waals surface area contributed by atoms with Crippen LogP contribution < -0.4 is 0 Å². The molecular formula is C25H22ClN3O2. The second-order valence-electron chi connectivity index (χ2n) is 7.23. The van der Waals surface area contributed by atoms with E-state index in [9.17, 15) is 4.79 Å². The van der Waals surface area contributed by atoms with Crippen molar-refractivity contribution in [1.82, 2.24) is 15.0 Å². The van der Waals surface area contributed by atoms with Gasteiger partial charge in [-0.3, -0.25) is 9.78 Å². The number of halogens is 1. The average Bonchev–Trinajstić information content (AvgIpc) is 3.19. The first-order valence-corrected chi connectivity index (χ1v) is 10.5. The Kier molecular flexibility index (Phi) is 6.43. The summed E-state index contributed by atoms with van der Waals surface area (Å²) in [4.78, 5) is 19.9. The number of rotatable bonds is 7. The summed E-state index contributed by atoms with van der Waals surface area (Å²) in [5, 5.41) is 4.67. The molecule has 0 aliphatic heterocycles. The lowest BCUT2D eigenvalue weighted by Crippen LogP contribution is -2.33. The topological polar surface area (TPSA) is 59.2 Å². The molecule has 6 heteroatoms. The fourth-order valence-corrected chi connectivity index (χ4v) is 3.69. The summed E-state index contributed by atoms with van der Waals surface area (Å²) in [5.41, 5.74) is 3.54. The molecule has 0 radical (unpaired) electrons. The second kappa shape index (κ2) is 9.58. The molecule has 0 bridgehead atoms. The van der Waals surface area contributed by atoms with Crippen molar-refractivity contribution in [3.63, 3.8) is 0 Å². The summed E-state index contributed by atoms with van der Waals surface area (Å²) in [7, 11) is 0. The standard InChI is InChI=1S/C25H22ClN3O2/c1-18-23(24(28-31-18)21-12-5-6-13-22(21)26)25(30)29(17-20-11-7-8-15-27-20)16-14-19-9-3-2-4-10-19/h2-13,15H,14,16-17H2,1H3. The molecule has 0 N–H and O–H groups in total. The minimum absolute atomic E-state index is 0.157. The van der Waals surface area contributed by atoms with Gasteiger partial charge in [0.1, 0.15) is 17.0 Å². The predicted octanol–water partition coefficient (Wildman–Crippen LogP) is 5.58. The Labute approximate surface area is 186 Å². The van der Waals surface area contributed by atoms with E-state index in [1.165, 1.54) is 0 Å². The van der Waals surface area contributed by atoms with E-state index in [-0.39, 0.29) is 5.91 Å². The Morgan fingerprint density at radius 3 is 2.48 bits per heavy atom. The summed E-state index contributed by atoms with van der Waals surface area (Å²) < 4.78 is 5.42. The van der Waals surface area contributed by atoms with Crippen LogP contribution in [0.1, 0.15) is 27.4 Å². The highest BCUT2D eigenvalue weighted by atomic mass is 35.5. The highest BCUT2D eigenvalue weighted by Crippen LogP contribution is 2.32. The van der Waals surface area contributed by atoms with Crippen molar-refractivity contribution in [2.24, 2.45) is 0 Å². The number of benzene rings is 2. The molecule has 0 aliphatic carbocycles. The van der Waals surface area contributed by atoms with Gasteiger partial charge in [0.15, 0.2) is 0 Å². The van der Waals surface area contributed by atoms with Crippen LogP contribution in [0.2, 0.25) is 5.02 Å². The van der Waals surface area contributed by atoms with Crippen LogP contribution in [0.5, 0.6) is 0 Å². The molecule has 0 unspecified atom stereocenters. The fraction of sp³-hybridized carbons (Fsp3) is 0.160. The van der Waals surface area contributed by atoms with Gasteiger partial charge in [0.05, 0.1) is 17.3 Å². The van der Waals surface area contributed by atoms with E-state index in [4.69, 9.17) is 16.1 Å². The van der Waals surface area contributed by atoms with Gasteiger partial charge in [-0.2, -0.15) is 0 Å². The van der Waals surface area contributed by atoms with Gasteiger partial charge >= 0.3 is 0 Å². The van der Waals surface area contributed by atoms with E-state index in [2.05, 4.69) is 22.3 Å². The first kappa shape index (κ1) is 20.8. The van der Waals surface area contributed by atoms with E-state index < -0.39 is 0 Å². The maximum Gasteiger partial charge on any atom is 0.260 e. The molecule has 0 spiro atoms. The zero-order valence-corrected chi connectivity index (χ0v) is 17.9. The van der Waals surface area contributed by atoms with Crippen LogP contribution in [0.4, 0.5) is 0 Å². The maximum absolute atomic E-state index is 13.7. The zero-order valence-electron chi connectivity index (χ0n) is 17.2. The fourth-order valence-electron chi connectivity index (χ4n) is 3.47. The smallest absolute Gasteiger partial charge is 0.260 e. The quantitative estimate of drug-likeness (QED) is 0.383. The molecule has 31 heavy (non-hydrogen) atoms. The Morgan fingerprint density at radius 2 is 1.74 bits per heavy atom. The predicted molar refractivity (Wildman–Crippen MR) is 121 cm³/mol. The largest absolute Gasteiger partial charge is 0.360 e. The van der Waals surface area contributed by atoms with Crippen molar-refractivity contribution in [2.75, 3.05) is 6.54 Å². The number of aryl methyl sites for hydroxylation is 1. The average molecular weight is 432 g/mol. The Bertz CT molecular complexity index is 1160. The Balaban J connectivity index is 1.67. The van der Waals surface area contributed by atoms with E-state index in [0.29, 0.717) is 40.7 Å². The molecule has 0 saturated heterocycles. The summed E-state index contributed by atoms with van der Waals surface area (Å²) in [5.74, 6) is 0.306. The van der Waals surface area contributed by atoms with Crippen LogP contribution in [0.3, 0.4) is 0 Å². The first-order valence-electron chi connectivity index (χ1n) is 10.1. The third-order valence-electron chi connectivity index (χ3n) is 5.09. The van der Waals surface area contributed by atoms with E-state index in [1.54, 1.807) is 24.1 Å². The van der Waals surface area contributed by atoms with Crippen LogP contribution in [0.25, 0.3) is 11.3 Å². The molecule has 0 fully saturated rings. The number of pyridine rings is 1. The van der Waals surface area contributed by atoms with Crippen LogP contribution >= 0.6 is 11.6 Å². The van der Waals surface area contributed by atoms with Gasteiger partial charge < -0.3 is 9.42 Å². The lowest BCUT2D eigenvalue weighted by molar-refractivity contribution is 0.0742. The molecule has 156 valence electrons. The minimum atomic E-state index is -0.157. The number of carbonyl (C=O) groups is 1. The van der Waals surface area contributed by atoms with E-state index >= 15 is 0 Å². The third kappa shape index (κ3) is 4.84. The highest BCUT2D eigenvalue weighted by Gasteiger charge is 2.27. The SMILES string of the molecule is Cc1onc(-c2ccccc2Cl)c1C(=O)N(CCc1ccccc1)Cc1ccccn1. The van der Waals surface area contributed by atoms with Gasteiger partial charge in [-0.15, -0.1) is 0 Å². The molecule has 5 nitrogen and oxygen atoms in total. The lowest BCUT2D eigenvalue weighted by atomic mass is 10.0. The van der Waals surface area contributed by atoms with Crippen molar-refractivity contribution in [3.8, 4) is 11.3 Å². The van der Waals surface area contributed by atoms with Crippen molar-refractivity contribution in [2.45, 2.75) is 19.9 Å². The molecule has 0 atom stereocenters. The molecule has 2 aromatic carbocycles. The Hall–Kier alpha value is -3.44. The van der Waals surface area contributed by atoms with Gasteiger partial charge in [-0.25, -0.2) is 0 Å². The number of hydrogen-bond acceptors (Lipinski definition) is 4. The first-order chi connectivity index (χ1) is 15.1. The monoisotopic (exact) mass is 431 g/mol. The van der Waals surface area contributed by atoms with Crippen LogP contribution in [0, 0.1) is 6.92 Å². The molecular weight excluding hydrogens is 410 g/mol. The van der Waals surface area contributed by atoms with Gasteiger partial charge in [0.25, 0.3) is 5.91 Å². The summed E-state index contributed by atoms with van der Waals surface area (Å²) in [6.07, 6.45) is 2.46. The third-order valence-corrected chi connectivity index (χ3v) is 5.41. The molecule has 2 aromatic heterocycles. The normalized spacial score (nSPS) is 10.8. The van der Waals surface area contributed by atoms with Crippen molar-refractivity contribution in [1.29, 1.82) is 0 Å². The maximum atomic E-state index is 13.7. The molecule has 0 saturated carbocycles. The van der Waals surface area contributed by atoms with Crippen LogP contribution in [0.15, 0.2) is 83.5 Å². The van der Waals surface area contributed by atoms with Crippen molar-refractivity contribution < 1.29 is 9.32 Å². The number of amides is 1. The summed E-state index contributed by atoms with van der Waals surface area (Å²) in [6, 6.07) is 23.1. The number of aromatic nitrogens is 2. The number of carbonyl (C=O) groups excluding carboxylic acids is 1. The molecule has 4 aromatic rings. The molecule has 2 heterocycles. The van der Waals surface area contributed by atoms with E-state index in [0.717, 1.165) is 17.7 Å². The van der Waals surface area contributed by atoms with Crippen LogP contribution in [-0.2, 0) is 13.0 Å². The van der Waals surface area contributed by atoms with Crippen LogP contribution in [-0.4, -0.2) is 27.5 Å². The molecule has 0 aliphatic rings. The zero-order chi connectivity index (χ0) is 21.6. The number of nitrogens with zero attached hydrogens (tertiary/aromatic N) is 3. The number of hydrogen-bond donors (Lipinski definition) is 0.